The number of aryl methyl sites for hydroxylation is 1. The summed E-state index contributed by atoms with van der Waals surface area (Å²) in [4.78, 5) is 11.1. The predicted octanol–water partition coefficient (Wildman–Crippen LogP) is 3.97. The molecule has 0 aliphatic heterocycles. The summed E-state index contributed by atoms with van der Waals surface area (Å²) in [7, 11) is 0. The van der Waals surface area contributed by atoms with Crippen molar-refractivity contribution in [3.8, 4) is 0 Å². The maximum Gasteiger partial charge on any atom is 0.389 e. The van der Waals surface area contributed by atoms with Gasteiger partial charge in [-0.25, -0.2) is 0 Å². The molecular weight excluding hydrogens is 257 g/mol. The zero-order valence-corrected chi connectivity index (χ0v) is 10.7. The van der Waals surface area contributed by atoms with E-state index in [2.05, 4.69) is 0 Å². The molecule has 1 atom stereocenters. The Morgan fingerprint density at radius 3 is 2.47 bits per heavy atom. The van der Waals surface area contributed by atoms with Crippen molar-refractivity contribution >= 4 is 5.97 Å². The van der Waals surface area contributed by atoms with Gasteiger partial charge in [0.25, 0.3) is 0 Å². The van der Waals surface area contributed by atoms with Gasteiger partial charge in [-0.05, 0) is 37.3 Å². The van der Waals surface area contributed by atoms with Crippen LogP contribution in [0, 0.1) is 12.8 Å². The van der Waals surface area contributed by atoms with Crippen LogP contribution in [0.4, 0.5) is 13.2 Å². The van der Waals surface area contributed by atoms with Crippen LogP contribution in [-0.4, -0.2) is 17.3 Å². The van der Waals surface area contributed by atoms with E-state index in [-0.39, 0.29) is 19.3 Å². The summed E-state index contributed by atoms with van der Waals surface area (Å²) in [5, 5.41) is 9.07. The number of alkyl halides is 3. The maximum absolute atomic E-state index is 12.1. The summed E-state index contributed by atoms with van der Waals surface area (Å²) in [5.74, 6) is -1.80. The second-order valence-corrected chi connectivity index (χ2v) is 4.67. The number of hydrogen-bond acceptors (Lipinski definition) is 1. The lowest BCUT2D eigenvalue weighted by Crippen LogP contribution is -2.18. The van der Waals surface area contributed by atoms with Crippen molar-refractivity contribution in [1.29, 1.82) is 0 Å². The first kappa shape index (κ1) is 15.5. The second-order valence-electron chi connectivity index (χ2n) is 4.67. The molecule has 0 saturated carbocycles. The van der Waals surface area contributed by atoms with Crippen LogP contribution < -0.4 is 0 Å². The minimum Gasteiger partial charge on any atom is -0.481 e. The molecule has 0 radical (unpaired) electrons. The zero-order chi connectivity index (χ0) is 14.5. The molecule has 5 heteroatoms. The molecule has 0 spiro atoms. The highest BCUT2D eigenvalue weighted by molar-refractivity contribution is 5.70. The largest absolute Gasteiger partial charge is 0.481 e. The van der Waals surface area contributed by atoms with E-state index in [1.165, 1.54) is 0 Å². The van der Waals surface area contributed by atoms with Gasteiger partial charge in [-0.1, -0.05) is 24.3 Å². The number of hydrogen-bond donors (Lipinski definition) is 1. The summed E-state index contributed by atoms with van der Waals surface area (Å²) in [6.07, 6.45) is -4.97. The summed E-state index contributed by atoms with van der Waals surface area (Å²) in [6, 6.07) is 7.33. The van der Waals surface area contributed by atoms with Crippen LogP contribution in [-0.2, 0) is 11.2 Å². The number of aliphatic carboxylic acids is 1. The van der Waals surface area contributed by atoms with Crippen molar-refractivity contribution in [2.24, 2.45) is 5.92 Å². The fourth-order valence-corrected chi connectivity index (χ4v) is 1.97. The van der Waals surface area contributed by atoms with E-state index in [0.717, 1.165) is 11.1 Å². The Labute approximate surface area is 110 Å². The van der Waals surface area contributed by atoms with E-state index in [0.29, 0.717) is 0 Å². The van der Waals surface area contributed by atoms with E-state index >= 15 is 0 Å². The molecule has 19 heavy (non-hydrogen) atoms. The number of benzene rings is 1. The van der Waals surface area contributed by atoms with Gasteiger partial charge in [0.1, 0.15) is 0 Å². The highest BCUT2D eigenvalue weighted by Gasteiger charge is 2.28. The first-order valence-electron chi connectivity index (χ1n) is 6.13. The number of rotatable bonds is 6. The summed E-state index contributed by atoms with van der Waals surface area (Å²) < 4.78 is 36.2. The van der Waals surface area contributed by atoms with Gasteiger partial charge in [0, 0.05) is 6.42 Å². The highest BCUT2D eigenvalue weighted by Crippen LogP contribution is 2.25. The van der Waals surface area contributed by atoms with Crippen LogP contribution in [0.5, 0.6) is 0 Å². The summed E-state index contributed by atoms with van der Waals surface area (Å²) in [6.45, 7) is 1.87. The maximum atomic E-state index is 12.1. The average molecular weight is 274 g/mol. The van der Waals surface area contributed by atoms with E-state index in [1.54, 1.807) is 6.07 Å². The van der Waals surface area contributed by atoms with Crippen molar-refractivity contribution < 1.29 is 23.1 Å². The summed E-state index contributed by atoms with van der Waals surface area (Å²) in [5.41, 5.74) is 1.84. The molecule has 1 N–H and O–H groups in total. The van der Waals surface area contributed by atoms with E-state index < -0.39 is 24.5 Å². The van der Waals surface area contributed by atoms with Crippen molar-refractivity contribution in [1.82, 2.24) is 0 Å². The van der Waals surface area contributed by atoms with E-state index in [1.807, 2.05) is 25.1 Å². The molecule has 2 nitrogen and oxygen atoms in total. The molecule has 0 amide bonds. The van der Waals surface area contributed by atoms with Crippen molar-refractivity contribution in [3.63, 3.8) is 0 Å². The molecule has 1 unspecified atom stereocenters. The lowest BCUT2D eigenvalue weighted by atomic mass is 9.92. The van der Waals surface area contributed by atoms with Gasteiger partial charge in [-0.2, -0.15) is 13.2 Å². The smallest absolute Gasteiger partial charge is 0.389 e. The minimum atomic E-state index is -4.22. The predicted molar refractivity (Wildman–Crippen MR) is 65.9 cm³/mol. The fourth-order valence-electron chi connectivity index (χ4n) is 1.97. The summed E-state index contributed by atoms with van der Waals surface area (Å²) >= 11 is 0. The third-order valence-electron chi connectivity index (χ3n) is 3.09. The number of carboxylic acid groups (broad SMARTS) is 1. The van der Waals surface area contributed by atoms with Crippen LogP contribution in [0.2, 0.25) is 0 Å². The van der Waals surface area contributed by atoms with Gasteiger partial charge < -0.3 is 5.11 Å². The Bertz CT molecular complexity index is 427. The number of carbonyl (C=O) groups is 1. The third kappa shape index (κ3) is 5.77. The lowest BCUT2D eigenvalue weighted by molar-refractivity contribution is -0.145. The molecular formula is C14H17F3O2. The third-order valence-corrected chi connectivity index (χ3v) is 3.09. The van der Waals surface area contributed by atoms with Crippen LogP contribution in [0.25, 0.3) is 0 Å². The molecule has 1 rings (SSSR count). The van der Waals surface area contributed by atoms with Gasteiger partial charge >= 0.3 is 12.1 Å². The molecule has 106 valence electrons. The Kier molecular flexibility index (Phi) is 5.39. The Morgan fingerprint density at radius 1 is 1.32 bits per heavy atom. The monoisotopic (exact) mass is 274 g/mol. The number of halogens is 3. The molecule has 0 aromatic heterocycles. The molecule has 1 aromatic rings. The van der Waals surface area contributed by atoms with Crippen LogP contribution in [0.15, 0.2) is 24.3 Å². The molecule has 1 aromatic carbocycles. The van der Waals surface area contributed by atoms with Crippen molar-refractivity contribution in [2.45, 2.75) is 38.8 Å². The van der Waals surface area contributed by atoms with Crippen LogP contribution >= 0.6 is 0 Å². The molecule has 0 fully saturated rings. The molecule has 0 aliphatic rings. The first-order chi connectivity index (χ1) is 8.79. The first-order valence-corrected chi connectivity index (χ1v) is 6.13. The Hall–Kier alpha value is -1.52. The quantitative estimate of drug-likeness (QED) is 0.852. The highest BCUT2D eigenvalue weighted by atomic mass is 19.4. The van der Waals surface area contributed by atoms with Crippen molar-refractivity contribution in [3.05, 3.63) is 35.4 Å². The van der Waals surface area contributed by atoms with E-state index in [4.69, 9.17) is 5.11 Å². The van der Waals surface area contributed by atoms with Gasteiger partial charge in [0.15, 0.2) is 0 Å². The van der Waals surface area contributed by atoms with Crippen LogP contribution in [0.1, 0.15) is 30.4 Å². The minimum absolute atomic E-state index is 0.0448. The van der Waals surface area contributed by atoms with Gasteiger partial charge in [-0.3, -0.25) is 4.79 Å². The van der Waals surface area contributed by atoms with Crippen LogP contribution in [0.3, 0.4) is 0 Å². The normalized spacial score (nSPS) is 13.3. The average Bonchev–Trinajstić information content (AvgIpc) is 2.28. The van der Waals surface area contributed by atoms with Crippen molar-refractivity contribution in [2.75, 3.05) is 0 Å². The van der Waals surface area contributed by atoms with Gasteiger partial charge in [0.05, 0.1) is 5.92 Å². The van der Waals surface area contributed by atoms with E-state index in [9.17, 15) is 18.0 Å². The molecule has 0 saturated heterocycles. The number of carboxylic acids is 1. The Morgan fingerprint density at radius 2 is 1.95 bits per heavy atom. The lowest BCUT2D eigenvalue weighted by Gasteiger charge is -2.14. The molecule has 0 bridgehead atoms. The fraction of sp³-hybridized carbons (Fsp3) is 0.500. The molecule has 0 aliphatic carbocycles. The zero-order valence-electron chi connectivity index (χ0n) is 10.7. The Balaban J connectivity index is 2.59. The standard InChI is InChI=1S/C14H17F3O2/c1-10-5-2-3-6-11(10)9-12(13(18)19)7-4-8-14(15,16)17/h2-3,5-6,12H,4,7-9H2,1H3,(H,18,19). The molecule has 0 heterocycles. The van der Waals surface area contributed by atoms with Gasteiger partial charge in [-0.15, -0.1) is 0 Å². The SMILES string of the molecule is Cc1ccccc1CC(CCCC(F)(F)F)C(=O)O. The van der Waals surface area contributed by atoms with Gasteiger partial charge in [0.2, 0.25) is 0 Å². The second kappa shape index (κ2) is 6.59. The topological polar surface area (TPSA) is 37.3 Å².